The van der Waals surface area contributed by atoms with Crippen molar-refractivity contribution in [2.24, 2.45) is 0 Å². The lowest BCUT2D eigenvalue weighted by Gasteiger charge is -2.24. The van der Waals surface area contributed by atoms with Crippen molar-refractivity contribution in [3.8, 4) is 23.0 Å². The van der Waals surface area contributed by atoms with E-state index < -0.39 is 23.9 Å². The van der Waals surface area contributed by atoms with Crippen LogP contribution in [0.4, 0.5) is 0 Å². The van der Waals surface area contributed by atoms with Crippen molar-refractivity contribution in [3.63, 3.8) is 0 Å². The van der Waals surface area contributed by atoms with Gasteiger partial charge in [0.25, 0.3) is 5.91 Å². The number of fused-ring (bicyclic) bond motifs is 1. The highest BCUT2D eigenvalue weighted by Gasteiger charge is 2.28. The van der Waals surface area contributed by atoms with E-state index in [0.29, 0.717) is 46.6 Å². The van der Waals surface area contributed by atoms with Crippen LogP contribution in [-0.4, -0.2) is 34.6 Å². The van der Waals surface area contributed by atoms with Crippen molar-refractivity contribution in [2.45, 2.75) is 18.4 Å². The molecule has 41 heavy (non-hydrogen) atoms. The average molecular weight is 613 g/mol. The highest BCUT2D eigenvalue weighted by molar-refractivity contribution is 6.32. The van der Waals surface area contributed by atoms with Crippen LogP contribution in [0.3, 0.4) is 0 Å². The van der Waals surface area contributed by atoms with Gasteiger partial charge >= 0.3 is 5.97 Å². The summed E-state index contributed by atoms with van der Waals surface area (Å²) in [6.07, 6.45) is -0.165. The lowest BCUT2D eigenvalue weighted by atomic mass is 9.93. The molecule has 0 radical (unpaired) electrons. The fourth-order valence-corrected chi connectivity index (χ4v) is 5.11. The van der Waals surface area contributed by atoms with Crippen LogP contribution in [0.25, 0.3) is 0 Å². The smallest absolute Gasteiger partial charge is 0.311 e. The van der Waals surface area contributed by atoms with E-state index in [-0.39, 0.29) is 17.1 Å². The fourth-order valence-electron chi connectivity index (χ4n) is 4.48. The fraction of sp³-hybridized carbons (Fsp3) is 0.161. The number of benzene rings is 4. The Bertz CT molecular complexity index is 1560. The van der Waals surface area contributed by atoms with E-state index >= 15 is 0 Å². The predicted molar refractivity (Wildman–Crippen MR) is 157 cm³/mol. The third-order valence-corrected chi connectivity index (χ3v) is 7.34. The molecule has 1 aliphatic heterocycles. The first-order valence-electron chi connectivity index (χ1n) is 12.7. The predicted octanol–water partition coefficient (Wildman–Crippen LogP) is 8.15. The summed E-state index contributed by atoms with van der Waals surface area (Å²) in [6, 6.07) is 26.0. The zero-order valence-electron chi connectivity index (χ0n) is 21.5. The minimum atomic E-state index is -0.897. The molecular formula is C31H24Cl3NO6. The van der Waals surface area contributed by atoms with Crippen LogP contribution in [0, 0.1) is 0 Å². The quantitative estimate of drug-likeness (QED) is 0.192. The molecule has 4 aromatic carbocycles. The Labute approximate surface area is 251 Å². The van der Waals surface area contributed by atoms with Gasteiger partial charge in [-0.15, -0.1) is 0 Å². The highest BCUT2D eigenvalue weighted by atomic mass is 35.5. The largest absolute Gasteiger partial charge is 0.493 e. The van der Waals surface area contributed by atoms with Crippen LogP contribution in [0.15, 0.2) is 91.0 Å². The molecule has 1 N–H and O–H groups in total. The summed E-state index contributed by atoms with van der Waals surface area (Å²) in [4.78, 5) is 24.8. The van der Waals surface area contributed by atoms with E-state index in [1.807, 2.05) is 30.3 Å². The molecule has 0 spiro atoms. The second-order valence-corrected chi connectivity index (χ2v) is 10.6. The normalized spacial score (nSPS) is 14.8. The van der Waals surface area contributed by atoms with Gasteiger partial charge in [-0.1, -0.05) is 65.7 Å². The molecule has 0 fully saturated rings. The molecule has 0 saturated carbocycles. The van der Waals surface area contributed by atoms with Crippen LogP contribution in [0.2, 0.25) is 10.0 Å². The molecule has 7 nitrogen and oxygen atoms in total. The van der Waals surface area contributed by atoms with E-state index in [2.05, 4.69) is 0 Å². The van der Waals surface area contributed by atoms with Crippen LogP contribution in [-0.2, 0) is 4.79 Å². The number of hydrogen-bond acceptors (Lipinski definition) is 5. The number of amides is 1. The molecule has 2 unspecified atom stereocenters. The topological polar surface area (TPSA) is 85.3 Å². The molecule has 0 aliphatic carbocycles. The van der Waals surface area contributed by atoms with Gasteiger partial charge in [0.1, 0.15) is 29.1 Å². The summed E-state index contributed by atoms with van der Waals surface area (Å²) in [7, 11) is 0. The Balaban J connectivity index is 1.30. The Kier molecular flexibility index (Phi) is 8.88. The number of ether oxygens (including phenoxy) is 3. The van der Waals surface area contributed by atoms with Gasteiger partial charge in [0.05, 0.1) is 24.1 Å². The molecule has 10 heteroatoms. The second-order valence-electron chi connectivity index (χ2n) is 9.30. The number of rotatable bonds is 9. The minimum Gasteiger partial charge on any atom is -0.493 e. The number of carbonyl (C=O) groups excluding carboxylic acids is 1. The van der Waals surface area contributed by atoms with Crippen molar-refractivity contribution < 1.29 is 28.9 Å². The van der Waals surface area contributed by atoms with Crippen molar-refractivity contribution in [2.75, 3.05) is 13.2 Å². The molecule has 210 valence electrons. The Morgan fingerprint density at radius 1 is 0.951 bits per heavy atom. The van der Waals surface area contributed by atoms with E-state index in [9.17, 15) is 14.7 Å². The van der Waals surface area contributed by atoms with Crippen LogP contribution in [0.5, 0.6) is 23.0 Å². The number of aliphatic carboxylic acids is 1. The zero-order chi connectivity index (χ0) is 28.9. The third kappa shape index (κ3) is 6.88. The highest BCUT2D eigenvalue weighted by Crippen LogP contribution is 2.39. The van der Waals surface area contributed by atoms with E-state index in [0.717, 1.165) is 9.98 Å². The van der Waals surface area contributed by atoms with Crippen molar-refractivity contribution in [3.05, 3.63) is 118 Å². The average Bonchev–Trinajstić information content (AvgIpc) is 2.97. The summed E-state index contributed by atoms with van der Waals surface area (Å²) in [6.45, 7) is 0.342. The summed E-state index contributed by atoms with van der Waals surface area (Å²) in [5.41, 5.74) is 1.68. The van der Waals surface area contributed by atoms with E-state index in [1.54, 1.807) is 54.6 Å². The molecule has 0 bridgehead atoms. The minimum absolute atomic E-state index is 0.0409. The molecule has 0 saturated heterocycles. The first-order valence-corrected chi connectivity index (χ1v) is 13.8. The number of carboxylic acid groups (broad SMARTS) is 1. The summed E-state index contributed by atoms with van der Waals surface area (Å²) in [5, 5.41) is 10.2. The van der Waals surface area contributed by atoms with Gasteiger partial charge < -0.3 is 19.3 Å². The van der Waals surface area contributed by atoms with E-state index in [4.69, 9.17) is 49.2 Å². The lowest BCUT2D eigenvalue weighted by Crippen LogP contribution is -2.29. The van der Waals surface area contributed by atoms with Gasteiger partial charge in [-0.2, -0.15) is 0 Å². The third-order valence-electron chi connectivity index (χ3n) is 6.52. The van der Waals surface area contributed by atoms with Gasteiger partial charge in [-0.3, -0.25) is 9.59 Å². The van der Waals surface area contributed by atoms with Crippen molar-refractivity contribution in [1.29, 1.82) is 0 Å². The van der Waals surface area contributed by atoms with Crippen LogP contribution in [0.1, 0.15) is 39.9 Å². The lowest BCUT2D eigenvalue weighted by molar-refractivity contribution is -0.139. The van der Waals surface area contributed by atoms with Crippen LogP contribution >= 0.6 is 35.0 Å². The number of carbonyl (C=O) groups is 2. The number of hydrogen-bond donors (Lipinski definition) is 1. The van der Waals surface area contributed by atoms with Gasteiger partial charge in [-0.25, -0.2) is 4.42 Å². The zero-order valence-corrected chi connectivity index (χ0v) is 23.8. The number of nitrogens with zero attached hydrogens (tertiary/aromatic N) is 1. The first kappa shape index (κ1) is 28.6. The molecule has 4 aromatic rings. The van der Waals surface area contributed by atoms with Crippen molar-refractivity contribution >= 4 is 46.9 Å². The van der Waals surface area contributed by atoms with Crippen molar-refractivity contribution in [1.82, 2.24) is 4.42 Å². The summed E-state index contributed by atoms with van der Waals surface area (Å²) >= 11 is 19.1. The molecule has 0 aromatic heterocycles. The maximum Gasteiger partial charge on any atom is 0.311 e. The first-order chi connectivity index (χ1) is 19.8. The summed E-state index contributed by atoms with van der Waals surface area (Å²) in [5.74, 6) is -0.282. The molecule has 1 aliphatic rings. The molecular weight excluding hydrogens is 589 g/mol. The number of carboxylic acids is 1. The molecule has 1 amide bonds. The van der Waals surface area contributed by atoms with Gasteiger partial charge in [0.2, 0.25) is 0 Å². The molecule has 5 rings (SSSR count). The Morgan fingerprint density at radius 3 is 2.49 bits per heavy atom. The van der Waals surface area contributed by atoms with E-state index in [1.165, 1.54) is 6.07 Å². The maximum atomic E-state index is 13.2. The molecule has 2 atom stereocenters. The number of halogens is 3. The Hall–Kier alpha value is -3.91. The standard InChI is InChI=1S/C31H24Cl3NO6/c32-21-7-4-8-22(16-21)41-29(19-5-2-1-3-6-19)18-35(34)30(36)20-9-12-27(26(33)15-20)40-23-10-11-24-25(31(37)38)13-14-39-28(24)17-23/h1-12,15-17,25,29H,13-14,18H2,(H,37,38). The maximum absolute atomic E-state index is 13.2. The SMILES string of the molecule is O=C(O)C1CCOc2cc(Oc3ccc(C(=O)N(Cl)CC(Oc4cccc(Cl)c4)c4ccccc4)cc3Cl)ccc21. The van der Waals surface area contributed by atoms with Gasteiger partial charge in [0, 0.05) is 34.0 Å². The molecule has 1 heterocycles. The van der Waals surface area contributed by atoms with Gasteiger partial charge in [0.15, 0.2) is 0 Å². The monoisotopic (exact) mass is 611 g/mol. The second kappa shape index (κ2) is 12.7. The Morgan fingerprint density at radius 2 is 1.76 bits per heavy atom. The summed E-state index contributed by atoms with van der Waals surface area (Å²) < 4.78 is 18.8. The van der Waals surface area contributed by atoms with Crippen LogP contribution < -0.4 is 14.2 Å². The van der Waals surface area contributed by atoms with Gasteiger partial charge in [-0.05, 0) is 54.4 Å².